The topological polar surface area (TPSA) is 12.4 Å². The first-order chi connectivity index (χ1) is 15.0. The van der Waals surface area contributed by atoms with Crippen molar-refractivity contribution in [1.82, 2.24) is 0 Å². The third-order valence-electron chi connectivity index (χ3n) is 6.49. The van der Waals surface area contributed by atoms with Crippen molar-refractivity contribution in [2.75, 3.05) is 0 Å². The smallest absolute Gasteiger partial charge is 0.0625 e. The zero-order valence-corrected chi connectivity index (χ0v) is 19.1. The molecule has 1 aliphatic rings. The molecule has 0 saturated carbocycles. The number of benzene rings is 3. The van der Waals surface area contributed by atoms with Crippen molar-refractivity contribution >= 4 is 23.0 Å². The Labute approximate surface area is 186 Å². The van der Waals surface area contributed by atoms with E-state index in [0.29, 0.717) is 0 Å². The van der Waals surface area contributed by atoms with Gasteiger partial charge >= 0.3 is 0 Å². The quantitative estimate of drug-likeness (QED) is 0.381. The predicted molar refractivity (Wildman–Crippen MR) is 135 cm³/mol. The molecule has 0 bridgehead atoms. The van der Waals surface area contributed by atoms with Crippen LogP contribution in [0.3, 0.4) is 0 Å². The van der Waals surface area contributed by atoms with Gasteiger partial charge in [0.25, 0.3) is 0 Å². The Kier molecular flexibility index (Phi) is 6.04. The van der Waals surface area contributed by atoms with Crippen LogP contribution in [0.2, 0.25) is 0 Å². The molecule has 1 nitrogen and oxygen atoms in total. The number of allylic oxidation sites excluding steroid dienone is 3. The fraction of sp³-hybridized carbons (Fsp3) is 0.233. The van der Waals surface area contributed by atoms with Crippen LogP contribution in [0.25, 0.3) is 11.1 Å². The van der Waals surface area contributed by atoms with Gasteiger partial charge in [0, 0.05) is 6.21 Å². The highest BCUT2D eigenvalue weighted by molar-refractivity contribution is 5.94. The number of aliphatic imine (C=N–C) groups is 1. The van der Waals surface area contributed by atoms with Crippen LogP contribution in [0.4, 0.5) is 5.69 Å². The Morgan fingerprint density at radius 2 is 1.65 bits per heavy atom. The highest BCUT2D eigenvalue weighted by Crippen LogP contribution is 2.42. The maximum Gasteiger partial charge on any atom is 0.0625 e. The molecule has 3 aromatic carbocycles. The molecule has 31 heavy (non-hydrogen) atoms. The highest BCUT2D eigenvalue weighted by Gasteiger charge is 2.23. The molecule has 0 fully saturated rings. The van der Waals surface area contributed by atoms with Crippen LogP contribution < -0.4 is 0 Å². The molecule has 0 amide bonds. The van der Waals surface area contributed by atoms with Gasteiger partial charge in [-0.2, -0.15) is 0 Å². The van der Waals surface area contributed by atoms with Gasteiger partial charge in [0.15, 0.2) is 0 Å². The fourth-order valence-corrected chi connectivity index (χ4v) is 4.61. The van der Waals surface area contributed by atoms with Crippen LogP contribution in [0.1, 0.15) is 52.3 Å². The molecule has 156 valence electrons. The maximum absolute atomic E-state index is 4.59. The monoisotopic (exact) mass is 405 g/mol. The lowest BCUT2D eigenvalue weighted by Crippen LogP contribution is -2.10. The number of nitrogens with zero attached hydrogens (tertiary/aromatic N) is 1. The average molecular weight is 406 g/mol. The minimum atomic E-state index is 0.970. The van der Waals surface area contributed by atoms with E-state index in [9.17, 15) is 0 Å². The van der Waals surface area contributed by atoms with Crippen molar-refractivity contribution < 1.29 is 0 Å². The average Bonchev–Trinajstić information content (AvgIpc) is 2.76. The Bertz CT molecular complexity index is 1190. The molecule has 0 heterocycles. The zero-order chi connectivity index (χ0) is 22.0. The van der Waals surface area contributed by atoms with E-state index in [1.165, 1.54) is 55.7 Å². The summed E-state index contributed by atoms with van der Waals surface area (Å²) in [4.78, 5) is 4.36. The Balaban J connectivity index is 1.72. The summed E-state index contributed by atoms with van der Waals surface area (Å²) in [6.07, 6.45) is 4.80. The van der Waals surface area contributed by atoms with E-state index < -0.39 is 0 Å². The van der Waals surface area contributed by atoms with E-state index in [1.54, 1.807) is 0 Å². The van der Waals surface area contributed by atoms with Gasteiger partial charge in [0.2, 0.25) is 0 Å². The van der Waals surface area contributed by atoms with Crippen LogP contribution in [0.5, 0.6) is 0 Å². The van der Waals surface area contributed by atoms with Gasteiger partial charge in [-0.3, -0.25) is 4.99 Å². The van der Waals surface area contributed by atoms with Crippen molar-refractivity contribution in [2.24, 2.45) is 4.99 Å². The van der Waals surface area contributed by atoms with Crippen molar-refractivity contribution in [3.8, 4) is 0 Å². The first-order valence-electron chi connectivity index (χ1n) is 11.1. The van der Waals surface area contributed by atoms with Crippen LogP contribution in [-0.2, 0) is 12.8 Å². The summed E-state index contributed by atoms with van der Waals surface area (Å²) in [6.45, 7) is 13.1. The van der Waals surface area contributed by atoms with Crippen molar-refractivity contribution in [1.29, 1.82) is 0 Å². The number of rotatable bonds is 5. The second kappa shape index (κ2) is 8.89. The summed E-state index contributed by atoms with van der Waals surface area (Å²) in [5, 5.41) is 0. The summed E-state index contributed by atoms with van der Waals surface area (Å²) >= 11 is 0. The summed E-state index contributed by atoms with van der Waals surface area (Å²) in [7, 11) is 0. The largest absolute Gasteiger partial charge is 0.262 e. The fourth-order valence-electron chi connectivity index (χ4n) is 4.61. The number of fused-ring (bicyclic) bond motifs is 1. The van der Waals surface area contributed by atoms with E-state index >= 15 is 0 Å². The lowest BCUT2D eigenvalue weighted by molar-refractivity contribution is 0.958. The van der Waals surface area contributed by atoms with Gasteiger partial charge in [-0.15, -0.1) is 0 Å². The molecule has 0 aromatic heterocycles. The third kappa shape index (κ3) is 4.32. The molecular weight excluding hydrogens is 374 g/mol. The molecule has 0 spiro atoms. The van der Waals surface area contributed by atoms with Gasteiger partial charge in [0.05, 0.1) is 5.69 Å². The second-order valence-electron chi connectivity index (χ2n) is 8.57. The molecule has 4 rings (SSSR count). The number of aryl methyl sites for hydroxylation is 4. The lowest BCUT2D eigenvalue weighted by Gasteiger charge is -2.28. The summed E-state index contributed by atoms with van der Waals surface area (Å²) in [5.74, 6) is 0. The third-order valence-corrected chi connectivity index (χ3v) is 6.49. The van der Waals surface area contributed by atoms with Gasteiger partial charge in [-0.05, 0) is 115 Å². The molecule has 0 atom stereocenters. The second-order valence-corrected chi connectivity index (χ2v) is 8.57. The maximum atomic E-state index is 4.59. The van der Waals surface area contributed by atoms with Gasteiger partial charge < -0.3 is 0 Å². The first-order valence-corrected chi connectivity index (χ1v) is 11.1. The van der Waals surface area contributed by atoms with Gasteiger partial charge in [-0.1, -0.05) is 55.1 Å². The first kappa shape index (κ1) is 21.1. The van der Waals surface area contributed by atoms with E-state index in [1.807, 2.05) is 13.1 Å². The van der Waals surface area contributed by atoms with Crippen LogP contribution >= 0.6 is 0 Å². The van der Waals surface area contributed by atoms with Crippen LogP contribution in [0, 0.1) is 20.8 Å². The Hall–Kier alpha value is -3.19. The molecule has 1 aliphatic carbocycles. The van der Waals surface area contributed by atoms with E-state index in [4.69, 9.17) is 0 Å². The normalized spacial score (nSPS) is 13.7. The highest BCUT2D eigenvalue weighted by atomic mass is 14.7. The number of hydrogen-bond donors (Lipinski definition) is 0. The van der Waals surface area contributed by atoms with E-state index in [0.717, 1.165) is 24.9 Å². The molecule has 0 unspecified atom stereocenters. The lowest BCUT2D eigenvalue weighted by atomic mass is 9.76. The number of hydrogen-bond acceptors (Lipinski definition) is 1. The molecule has 0 N–H and O–H groups in total. The molecule has 0 saturated heterocycles. The molecular formula is C30H31N. The minimum Gasteiger partial charge on any atom is -0.262 e. The summed E-state index contributed by atoms with van der Waals surface area (Å²) in [5.41, 5.74) is 14.4. The predicted octanol–water partition coefficient (Wildman–Crippen LogP) is 7.99. The Morgan fingerprint density at radius 3 is 2.35 bits per heavy atom. The van der Waals surface area contributed by atoms with Crippen molar-refractivity contribution in [3.63, 3.8) is 0 Å². The molecule has 1 heteroatoms. The standard InChI is InChI=1S/C30H31N/c1-6-31-27-15-11-24(12-16-27)13-17-28-23(5)30-21(3)8-7-9-26(30)19-29(28)25-14-10-20(2)22(4)18-25/h6-12,14-16,18H,5,13,17,19H2,1-4H3/b31-6+. The molecule has 0 radical (unpaired) electrons. The van der Waals surface area contributed by atoms with Gasteiger partial charge in [-0.25, -0.2) is 0 Å². The summed E-state index contributed by atoms with van der Waals surface area (Å²) in [6, 6.07) is 22.1. The van der Waals surface area contributed by atoms with E-state index in [2.05, 4.69) is 93.0 Å². The van der Waals surface area contributed by atoms with Crippen LogP contribution in [0.15, 0.2) is 77.8 Å². The van der Waals surface area contributed by atoms with Gasteiger partial charge in [0.1, 0.15) is 0 Å². The zero-order valence-electron chi connectivity index (χ0n) is 19.1. The molecule has 3 aromatic rings. The molecule has 0 aliphatic heterocycles. The summed E-state index contributed by atoms with van der Waals surface area (Å²) < 4.78 is 0. The minimum absolute atomic E-state index is 0.970. The van der Waals surface area contributed by atoms with Crippen LogP contribution in [-0.4, -0.2) is 6.21 Å². The Morgan fingerprint density at radius 1 is 0.871 bits per heavy atom. The SMILES string of the molecule is C=C1C(CCc2ccc(/N=C/C)cc2)=C(c2ccc(C)c(C)c2)Cc2cccc(C)c21. The van der Waals surface area contributed by atoms with Crippen molar-refractivity contribution in [2.45, 2.75) is 47.0 Å². The van der Waals surface area contributed by atoms with E-state index in [-0.39, 0.29) is 0 Å². The van der Waals surface area contributed by atoms with Crippen molar-refractivity contribution in [3.05, 3.63) is 112 Å².